The number of nitrogens with zero attached hydrogens (tertiary/aromatic N) is 2. The number of carbonyl (C=O) groups is 4. The first-order valence-corrected chi connectivity index (χ1v) is 34.4. The zero-order valence-electron chi connectivity index (χ0n) is 60.2. The van der Waals surface area contributed by atoms with Crippen molar-refractivity contribution in [1.29, 1.82) is 0 Å². The van der Waals surface area contributed by atoms with Crippen molar-refractivity contribution < 1.29 is 133 Å². The first-order chi connectivity index (χ1) is 49.2. The summed E-state index contributed by atoms with van der Waals surface area (Å²) in [6.07, 6.45) is 1.45. The molecule has 1 aromatic heterocycles. The average Bonchev–Trinajstić information content (AvgIpc) is 0.824. The van der Waals surface area contributed by atoms with Gasteiger partial charge in [-0.1, -0.05) is 6.92 Å². The fourth-order valence-corrected chi connectivity index (χ4v) is 7.03. The van der Waals surface area contributed by atoms with E-state index in [0.717, 1.165) is 6.42 Å². The Labute approximate surface area is 591 Å². The van der Waals surface area contributed by atoms with E-state index in [9.17, 15) is 19.2 Å². The minimum atomic E-state index is -0.641. The summed E-state index contributed by atoms with van der Waals surface area (Å²) in [5.41, 5.74) is 11.0. The third-order valence-corrected chi connectivity index (χ3v) is 12.2. The second-order valence-electron chi connectivity index (χ2n) is 20.2. The molecule has 0 bridgehead atoms. The SMILES string of the molecule is CCCNC(=O)CCOCCOCCOCCOCCOCCOCCOCCOCCOCCOCCOCCOC.CNC(=O)c1nc(N)c(C(=O)NCCNC(=O)CCOCCOCCOCCOCCOCCOCCOCCOCCOCCOCCOCCOC)nc1N. The summed E-state index contributed by atoms with van der Waals surface area (Å²) >= 11 is 0. The number of aromatic nitrogens is 2. The average molecular weight is 1450 g/mol. The number of methoxy groups -OCH3 is 2. The maximum atomic E-state index is 12.3. The second kappa shape index (κ2) is 80.3. The van der Waals surface area contributed by atoms with Gasteiger partial charge in [0.1, 0.15) is 0 Å². The van der Waals surface area contributed by atoms with Gasteiger partial charge < -0.3 is 146 Å². The van der Waals surface area contributed by atoms with Crippen LogP contribution in [0.5, 0.6) is 0 Å². The summed E-state index contributed by atoms with van der Waals surface area (Å²) in [5, 5.41) is 10.4. The molecule has 588 valence electrons. The van der Waals surface area contributed by atoms with Crippen molar-refractivity contribution in [3.05, 3.63) is 11.4 Å². The van der Waals surface area contributed by atoms with Crippen LogP contribution in [0.3, 0.4) is 0 Å². The van der Waals surface area contributed by atoms with E-state index in [4.69, 9.17) is 125 Å². The van der Waals surface area contributed by atoms with Crippen molar-refractivity contribution in [2.75, 3.05) is 356 Å². The van der Waals surface area contributed by atoms with Gasteiger partial charge in [0.05, 0.1) is 304 Å². The lowest BCUT2D eigenvalue weighted by molar-refractivity contribution is -0.123. The number of carbonyl (C=O) groups excluding carboxylic acids is 4. The Morgan fingerprint density at radius 2 is 0.450 bits per heavy atom. The van der Waals surface area contributed by atoms with E-state index in [1.807, 2.05) is 6.92 Å². The number of nitrogens with two attached hydrogens (primary N) is 2. The lowest BCUT2D eigenvalue weighted by Gasteiger charge is -2.10. The van der Waals surface area contributed by atoms with E-state index >= 15 is 0 Å². The molecule has 8 N–H and O–H groups in total. The lowest BCUT2D eigenvalue weighted by atomic mass is 10.3. The number of ether oxygens (including phenoxy) is 24. The van der Waals surface area contributed by atoms with Gasteiger partial charge in [-0.3, -0.25) is 19.2 Å². The Bertz CT molecular complexity index is 1940. The standard InChI is InChI=1S/C35H65N7O15.C29H59NO13/c1-38-34(44)30-32(36)42-31(33(37)41-30)35(45)40-5-4-39-29(43)3-6-47-9-10-49-13-14-51-17-18-53-21-22-55-25-26-57-28-27-56-24-23-54-20-19-52-16-15-50-12-11-48-8-7-46-2;1-3-5-30-29(31)4-6-33-9-10-35-13-14-37-17-18-39-21-22-41-25-26-43-28-27-42-24-23-40-20-19-38-16-15-36-12-11-34-8-7-32-2/h3-28H2,1-2H3,(H2,36,42)(H2,37,41)(H,38,44)(H,39,43)(H,40,45);3-28H2,1-2H3,(H,30,31). The van der Waals surface area contributed by atoms with Crippen molar-refractivity contribution in [1.82, 2.24) is 31.2 Å². The van der Waals surface area contributed by atoms with Crippen LogP contribution >= 0.6 is 0 Å². The van der Waals surface area contributed by atoms with Crippen LogP contribution in [0.4, 0.5) is 11.6 Å². The lowest BCUT2D eigenvalue weighted by Crippen LogP contribution is -2.36. The van der Waals surface area contributed by atoms with Crippen LogP contribution in [0.25, 0.3) is 0 Å². The highest BCUT2D eigenvalue weighted by atomic mass is 16.6. The zero-order chi connectivity index (χ0) is 72.6. The molecule has 100 heavy (non-hydrogen) atoms. The maximum Gasteiger partial charge on any atom is 0.273 e. The number of hydrogen-bond donors (Lipinski definition) is 6. The van der Waals surface area contributed by atoms with Crippen molar-refractivity contribution in [3.63, 3.8) is 0 Å². The number of nitrogens with one attached hydrogen (secondary N) is 4. The molecule has 1 heterocycles. The van der Waals surface area contributed by atoms with Gasteiger partial charge in [0.2, 0.25) is 11.8 Å². The summed E-state index contributed by atoms with van der Waals surface area (Å²) in [6, 6.07) is 0. The molecule has 0 fully saturated rings. The topological polar surface area (TPSA) is 416 Å². The van der Waals surface area contributed by atoms with Crippen LogP contribution in [-0.2, 0) is 123 Å². The molecule has 0 aromatic carbocycles. The Morgan fingerprint density at radius 3 is 0.650 bits per heavy atom. The highest BCUT2D eigenvalue weighted by Gasteiger charge is 2.20. The molecule has 36 heteroatoms. The van der Waals surface area contributed by atoms with Crippen LogP contribution < -0.4 is 32.7 Å². The van der Waals surface area contributed by atoms with E-state index in [2.05, 4.69) is 31.2 Å². The van der Waals surface area contributed by atoms with E-state index in [1.54, 1.807) is 14.2 Å². The molecule has 0 aliphatic carbocycles. The minimum Gasteiger partial charge on any atom is -0.382 e. The summed E-state index contributed by atoms with van der Waals surface area (Å²) in [7, 11) is 4.68. The van der Waals surface area contributed by atoms with E-state index < -0.39 is 11.8 Å². The zero-order valence-corrected chi connectivity index (χ0v) is 60.2. The van der Waals surface area contributed by atoms with Gasteiger partial charge in [0.25, 0.3) is 11.8 Å². The summed E-state index contributed by atoms with van der Waals surface area (Å²) in [4.78, 5) is 55.1. The number of hydrogen-bond acceptors (Lipinski definition) is 32. The highest BCUT2D eigenvalue weighted by Crippen LogP contribution is 2.13. The summed E-state index contributed by atoms with van der Waals surface area (Å²) < 4.78 is 129. The first kappa shape index (κ1) is 95.6. The molecule has 1 rings (SSSR count). The van der Waals surface area contributed by atoms with E-state index in [1.165, 1.54) is 7.05 Å². The number of amides is 4. The van der Waals surface area contributed by atoms with Gasteiger partial charge in [-0.15, -0.1) is 0 Å². The van der Waals surface area contributed by atoms with Crippen LogP contribution in [0, 0.1) is 0 Å². The smallest absolute Gasteiger partial charge is 0.273 e. The van der Waals surface area contributed by atoms with Gasteiger partial charge in [0, 0.05) is 53.7 Å². The van der Waals surface area contributed by atoms with Crippen molar-refractivity contribution in [2.45, 2.75) is 26.2 Å². The van der Waals surface area contributed by atoms with Gasteiger partial charge in [0.15, 0.2) is 23.0 Å². The summed E-state index contributed by atoms with van der Waals surface area (Å²) in [6.45, 7) is 25.4. The minimum absolute atomic E-state index is 0.0173. The Kier molecular flexibility index (Phi) is 76.8. The third kappa shape index (κ3) is 70.6. The fourth-order valence-electron chi connectivity index (χ4n) is 7.03. The van der Waals surface area contributed by atoms with Gasteiger partial charge in [-0.25, -0.2) is 9.97 Å². The third-order valence-electron chi connectivity index (χ3n) is 12.2. The monoisotopic (exact) mass is 1450 g/mol. The van der Waals surface area contributed by atoms with Crippen LogP contribution in [0.2, 0.25) is 0 Å². The molecule has 0 aliphatic heterocycles. The quantitative estimate of drug-likeness (QED) is 0.0417. The fraction of sp³-hybridized carbons (Fsp3) is 0.875. The molecule has 36 nitrogen and oxygen atoms in total. The van der Waals surface area contributed by atoms with E-state index in [-0.39, 0.29) is 61.0 Å². The molecule has 4 amide bonds. The number of anilines is 2. The number of nitrogen functional groups attached to an aromatic ring is 2. The molecule has 0 atom stereocenters. The second-order valence-corrected chi connectivity index (χ2v) is 20.2. The van der Waals surface area contributed by atoms with Crippen LogP contribution in [0.15, 0.2) is 0 Å². The van der Waals surface area contributed by atoms with Crippen LogP contribution in [0.1, 0.15) is 47.2 Å². The van der Waals surface area contributed by atoms with Gasteiger partial charge >= 0.3 is 0 Å². The van der Waals surface area contributed by atoms with Crippen molar-refractivity contribution >= 4 is 35.3 Å². The molecule has 1 aromatic rings. The van der Waals surface area contributed by atoms with Crippen molar-refractivity contribution in [2.24, 2.45) is 0 Å². The van der Waals surface area contributed by atoms with E-state index in [0.29, 0.717) is 310 Å². The Hall–Kier alpha value is -4.40. The largest absolute Gasteiger partial charge is 0.382 e. The molecule has 0 radical (unpaired) electrons. The Balaban J connectivity index is 0.00000204. The first-order valence-electron chi connectivity index (χ1n) is 34.4. The molecule has 0 unspecified atom stereocenters. The van der Waals surface area contributed by atoms with Crippen molar-refractivity contribution in [3.8, 4) is 0 Å². The Morgan fingerprint density at radius 1 is 0.270 bits per heavy atom. The molecule has 0 spiro atoms. The van der Waals surface area contributed by atoms with Gasteiger partial charge in [-0.2, -0.15) is 0 Å². The van der Waals surface area contributed by atoms with Gasteiger partial charge in [-0.05, 0) is 6.42 Å². The van der Waals surface area contributed by atoms with Crippen LogP contribution in [-0.4, -0.2) is 378 Å². The molecule has 0 saturated carbocycles. The highest BCUT2D eigenvalue weighted by molar-refractivity contribution is 6.00. The molecule has 0 aliphatic rings. The molecule has 0 saturated heterocycles. The predicted molar refractivity (Wildman–Crippen MR) is 364 cm³/mol. The molecular formula is C64H124N8O28. The predicted octanol–water partition coefficient (Wildman–Crippen LogP) is -1.20. The normalized spacial score (nSPS) is 11.3. The maximum absolute atomic E-state index is 12.3. The summed E-state index contributed by atoms with van der Waals surface area (Å²) in [5.74, 6) is -1.92. The number of rotatable bonds is 79. The molecular weight excluding hydrogens is 1330 g/mol.